The summed E-state index contributed by atoms with van der Waals surface area (Å²) in [6.07, 6.45) is 1.93. The molecule has 6 nitrogen and oxygen atoms in total. The van der Waals surface area contributed by atoms with Crippen LogP contribution in [0.3, 0.4) is 0 Å². The fourth-order valence-electron chi connectivity index (χ4n) is 2.03. The minimum Gasteiger partial charge on any atom is -0.308 e. The van der Waals surface area contributed by atoms with Gasteiger partial charge in [-0.05, 0) is 19.1 Å². The molecule has 1 aromatic heterocycles. The number of rotatable bonds is 5. The Morgan fingerprint density at radius 1 is 1.40 bits per heavy atom. The third-order valence-corrected chi connectivity index (χ3v) is 3.22. The molecule has 0 bridgehead atoms. The molecule has 7 heteroatoms. The highest BCUT2D eigenvalue weighted by molar-refractivity contribution is 6.30. The highest BCUT2D eigenvalue weighted by Gasteiger charge is 2.13. The average molecular weight is 295 g/mol. The molecule has 0 amide bonds. The van der Waals surface area contributed by atoms with Crippen LogP contribution in [0, 0.1) is 17.0 Å². The monoisotopic (exact) mass is 294 g/mol. The molecular weight excluding hydrogens is 280 g/mol. The second-order valence-electron chi connectivity index (χ2n) is 4.55. The molecule has 0 atom stereocenters. The zero-order chi connectivity index (χ0) is 14.7. The third kappa shape index (κ3) is 3.34. The predicted octanol–water partition coefficient (Wildman–Crippen LogP) is 2.58. The van der Waals surface area contributed by atoms with Gasteiger partial charge in [0, 0.05) is 48.5 Å². The van der Waals surface area contributed by atoms with Crippen molar-refractivity contribution in [2.75, 3.05) is 0 Å². The molecule has 0 saturated heterocycles. The van der Waals surface area contributed by atoms with Crippen LogP contribution in [0.2, 0.25) is 5.02 Å². The summed E-state index contributed by atoms with van der Waals surface area (Å²) < 4.78 is 1.74. The Labute approximate surface area is 121 Å². The van der Waals surface area contributed by atoms with Crippen molar-refractivity contribution in [3.8, 4) is 0 Å². The van der Waals surface area contributed by atoms with Crippen molar-refractivity contribution in [2.45, 2.75) is 20.0 Å². The van der Waals surface area contributed by atoms with Crippen molar-refractivity contribution < 1.29 is 4.92 Å². The SMILES string of the molecule is Cc1nn(C)cc1CNCc1cc(Cl)ccc1[N+](=O)[O-]. The van der Waals surface area contributed by atoms with Crippen LogP contribution < -0.4 is 5.32 Å². The van der Waals surface area contributed by atoms with Gasteiger partial charge in [0.2, 0.25) is 0 Å². The van der Waals surface area contributed by atoms with Crippen LogP contribution in [-0.2, 0) is 20.1 Å². The van der Waals surface area contributed by atoms with Gasteiger partial charge in [0.25, 0.3) is 5.69 Å². The summed E-state index contributed by atoms with van der Waals surface area (Å²) in [5.41, 5.74) is 2.66. The van der Waals surface area contributed by atoms with Gasteiger partial charge in [-0.1, -0.05) is 11.6 Å². The molecule has 0 spiro atoms. The molecule has 0 aliphatic rings. The molecule has 0 radical (unpaired) electrons. The van der Waals surface area contributed by atoms with Crippen molar-refractivity contribution in [1.82, 2.24) is 15.1 Å². The first kappa shape index (κ1) is 14.5. The van der Waals surface area contributed by atoms with E-state index in [1.54, 1.807) is 10.7 Å². The second kappa shape index (κ2) is 6.02. The Bertz CT molecular complexity index is 639. The van der Waals surface area contributed by atoms with Gasteiger partial charge in [0.1, 0.15) is 0 Å². The smallest absolute Gasteiger partial charge is 0.273 e. The number of nitro benzene ring substituents is 1. The van der Waals surface area contributed by atoms with Gasteiger partial charge in [0.05, 0.1) is 10.6 Å². The maximum Gasteiger partial charge on any atom is 0.273 e. The Kier molecular flexibility index (Phi) is 4.36. The first-order chi connectivity index (χ1) is 9.47. The van der Waals surface area contributed by atoms with Crippen molar-refractivity contribution in [3.63, 3.8) is 0 Å². The van der Waals surface area contributed by atoms with Crippen molar-refractivity contribution in [1.29, 1.82) is 0 Å². The lowest BCUT2D eigenvalue weighted by atomic mass is 10.1. The van der Waals surface area contributed by atoms with E-state index in [2.05, 4.69) is 10.4 Å². The molecule has 106 valence electrons. The highest BCUT2D eigenvalue weighted by atomic mass is 35.5. The molecule has 1 heterocycles. The van der Waals surface area contributed by atoms with Gasteiger partial charge < -0.3 is 5.32 Å². The third-order valence-electron chi connectivity index (χ3n) is 2.98. The van der Waals surface area contributed by atoms with Gasteiger partial charge in [0.15, 0.2) is 0 Å². The van der Waals surface area contributed by atoms with Crippen molar-refractivity contribution in [3.05, 3.63) is 56.4 Å². The van der Waals surface area contributed by atoms with Crippen LogP contribution in [-0.4, -0.2) is 14.7 Å². The summed E-state index contributed by atoms with van der Waals surface area (Å²) >= 11 is 5.88. The van der Waals surface area contributed by atoms with Crippen molar-refractivity contribution in [2.24, 2.45) is 7.05 Å². The minimum atomic E-state index is -0.400. The van der Waals surface area contributed by atoms with Crippen LogP contribution in [0.5, 0.6) is 0 Å². The highest BCUT2D eigenvalue weighted by Crippen LogP contribution is 2.22. The van der Waals surface area contributed by atoms with Crippen LogP contribution in [0.15, 0.2) is 24.4 Å². The zero-order valence-corrected chi connectivity index (χ0v) is 12.0. The van der Waals surface area contributed by atoms with E-state index < -0.39 is 4.92 Å². The largest absolute Gasteiger partial charge is 0.308 e. The molecule has 1 N–H and O–H groups in total. The number of aromatic nitrogens is 2. The molecule has 1 aromatic carbocycles. The summed E-state index contributed by atoms with van der Waals surface area (Å²) in [5.74, 6) is 0. The maximum absolute atomic E-state index is 10.9. The fourth-order valence-corrected chi connectivity index (χ4v) is 2.22. The van der Waals surface area contributed by atoms with Crippen LogP contribution in [0.25, 0.3) is 0 Å². The van der Waals surface area contributed by atoms with E-state index in [0.29, 0.717) is 23.7 Å². The van der Waals surface area contributed by atoms with Gasteiger partial charge in [-0.15, -0.1) is 0 Å². The Morgan fingerprint density at radius 2 is 2.10 bits per heavy atom. The standard InChI is InChI=1S/C13H15ClN4O2/c1-9-11(8-17(2)16-9)7-15-6-10-5-12(14)3-4-13(10)18(19)20/h3-5,8,15H,6-7H2,1-2H3. The Morgan fingerprint density at radius 3 is 2.70 bits per heavy atom. The van der Waals surface area contributed by atoms with Crippen molar-refractivity contribution >= 4 is 17.3 Å². The van der Waals surface area contributed by atoms with Crippen LogP contribution in [0.4, 0.5) is 5.69 Å². The quantitative estimate of drug-likeness (QED) is 0.679. The number of hydrogen-bond acceptors (Lipinski definition) is 4. The topological polar surface area (TPSA) is 73.0 Å². The minimum absolute atomic E-state index is 0.0739. The Hall–Kier alpha value is -1.92. The van der Waals surface area contributed by atoms with E-state index in [1.807, 2.05) is 20.2 Å². The molecule has 0 fully saturated rings. The van der Waals surface area contributed by atoms with E-state index in [-0.39, 0.29) is 5.69 Å². The number of aryl methyl sites for hydroxylation is 2. The van der Waals surface area contributed by atoms with Gasteiger partial charge >= 0.3 is 0 Å². The van der Waals surface area contributed by atoms with Gasteiger partial charge in [-0.25, -0.2) is 0 Å². The lowest BCUT2D eigenvalue weighted by Gasteiger charge is -2.05. The number of benzene rings is 1. The summed E-state index contributed by atoms with van der Waals surface area (Å²) in [6, 6.07) is 4.56. The number of nitrogens with one attached hydrogen (secondary N) is 1. The van der Waals surface area contributed by atoms with E-state index in [4.69, 9.17) is 11.6 Å². The van der Waals surface area contributed by atoms with Gasteiger partial charge in [-0.3, -0.25) is 14.8 Å². The number of nitro groups is 1. The number of halogens is 1. The summed E-state index contributed by atoms with van der Waals surface area (Å²) in [7, 11) is 1.86. The van der Waals surface area contributed by atoms with E-state index >= 15 is 0 Å². The summed E-state index contributed by atoms with van der Waals surface area (Å²) in [6.45, 7) is 2.91. The first-order valence-corrected chi connectivity index (χ1v) is 6.48. The predicted molar refractivity (Wildman–Crippen MR) is 76.6 cm³/mol. The molecule has 0 saturated carbocycles. The second-order valence-corrected chi connectivity index (χ2v) is 4.98. The molecule has 0 unspecified atom stereocenters. The summed E-state index contributed by atoms with van der Waals surface area (Å²) in [5, 5.41) is 18.9. The lowest BCUT2D eigenvalue weighted by molar-refractivity contribution is -0.385. The van der Waals surface area contributed by atoms with Crippen LogP contribution >= 0.6 is 11.6 Å². The van der Waals surface area contributed by atoms with E-state index in [1.165, 1.54) is 12.1 Å². The average Bonchev–Trinajstić information content (AvgIpc) is 2.67. The molecule has 2 aromatic rings. The molecule has 0 aliphatic carbocycles. The zero-order valence-electron chi connectivity index (χ0n) is 11.3. The maximum atomic E-state index is 10.9. The number of hydrogen-bond donors (Lipinski definition) is 1. The fraction of sp³-hybridized carbons (Fsp3) is 0.308. The molecular formula is C13H15ClN4O2. The normalized spacial score (nSPS) is 10.8. The number of nitrogens with zero attached hydrogens (tertiary/aromatic N) is 3. The lowest BCUT2D eigenvalue weighted by Crippen LogP contribution is -2.14. The first-order valence-electron chi connectivity index (χ1n) is 6.10. The Balaban J connectivity index is 2.05. The van der Waals surface area contributed by atoms with Gasteiger partial charge in [-0.2, -0.15) is 5.10 Å². The molecule has 20 heavy (non-hydrogen) atoms. The van der Waals surface area contributed by atoms with E-state index in [9.17, 15) is 10.1 Å². The van der Waals surface area contributed by atoms with E-state index in [0.717, 1.165) is 11.3 Å². The van der Waals surface area contributed by atoms with Crippen LogP contribution in [0.1, 0.15) is 16.8 Å². The molecule has 2 rings (SSSR count). The molecule has 0 aliphatic heterocycles. The summed E-state index contributed by atoms with van der Waals surface area (Å²) in [4.78, 5) is 10.5.